The maximum Gasteiger partial charge on any atom is 0.297 e. The van der Waals surface area contributed by atoms with E-state index in [0.717, 1.165) is 12.3 Å². The van der Waals surface area contributed by atoms with Crippen LogP contribution in [0.2, 0.25) is 10.2 Å². The van der Waals surface area contributed by atoms with E-state index in [1.165, 1.54) is 0 Å². The van der Waals surface area contributed by atoms with Crippen LogP contribution in [0.1, 0.15) is 5.56 Å². The van der Waals surface area contributed by atoms with E-state index < -0.39 is 18.1 Å². The van der Waals surface area contributed by atoms with Gasteiger partial charge in [-0.25, -0.2) is 4.98 Å². The molecule has 1 heterocycles. The molecular weight excluding hydrogens is 223 g/mol. The average Bonchev–Trinajstić information content (AvgIpc) is 2.09. The molecule has 1 aromatic heterocycles. The zero-order valence-corrected chi connectivity index (χ0v) is 7.78. The highest BCUT2D eigenvalue weighted by atomic mass is 35.5. The van der Waals surface area contributed by atoms with E-state index in [9.17, 15) is 8.78 Å². The Bertz CT molecular complexity index is 319. The predicted molar refractivity (Wildman–Crippen MR) is 45.2 cm³/mol. The van der Waals surface area contributed by atoms with Gasteiger partial charge in [-0.2, -0.15) is 8.78 Å². The predicted octanol–water partition coefficient (Wildman–Crippen LogP) is 2.47. The van der Waals surface area contributed by atoms with Gasteiger partial charge in [-0.3, -0.25) is 0 Å². The number of hydrogen-bond donors (Lipinski definition) is 1. The van der Waals surface area contributed by atoms with E-state index in [4.69, 9.17) is 28.3 Å². The number of aliphatic hydroxyl groups is 1. The highest BCUT2D eigenvalue weighted by Crippen LogP contribution is 2.30. The molecule has 0 spiro atoms. The van der Waals surface area contributed by atoms with Gasteiger partial charge in [0.25, 0.3) is 5.92 Å². The monoisotopic (exact) mass is 227 g/mol. The first-order chi connectivity index (χ1) is 5.97. The van der Waals surface area contributed by atoms with Crippen molar-refractivity contribution in [2.45, 2.75) is 5.92 Å². The number of nitrogens with zero attached hydrogens (tertiary/aromatic N) is 1. The fourth-order valence-electron chi connectivity index (χ4n) is 0.713. The summed E-state index contributed by atoms with van der Waals surface area (Å²) in [6, 6.07) is 0.979. The van der Waals surface area contributed by atoms with Crippen LogP contribution >= 0.6 is 23.2 Å². The summed E-state index contributed by atoms with van der Waals surface area (Å²) in [5.41, 5.74) is -0.454. The van der Waals surface area contributed by atoms with Gasteiger partial charge in [-0.1, -0.05) is 23.2 Å². The van der Waals surface area contributed by atoms with E-state index in [1.54, 1.807) is 0 Å². The molecular formula is C7H5Cl2F2NO. The van der Waals surface area contributed by atoms with Crippen molar-refractivity contribution < 1.29 is 13.9 Å². The van der Waals surface area contributed by atoms with Crippen LogP contribution in [0.15, 0.2) is 12.3 Å². The summed E-state index contributed by atoms with van der Waals surface area (Å²) >= 11 is 10.9. The molecule has 6 heteroatoms. The number of rotatable bonds is 2. The summed E-state index contributed by atoms with van der Waals surface area (Å²) in [5.74, 6) is -3.33. The molecule has 1 rings (SSSR count). The number of hydrogen-bond acceptors (Lipinski definition) is 2. The van der Waals surface area contributed by atoms with Crippen molar-refractivity contribution in [2.24, 2.45) is 0 Å². The average molecular weight is 228 g/mol. The van der Waals surface area contributed by atoms with E-state index in [1.807, 2.05) is 0 Å². The summed E-state index contributed by atoms with van der Waals surface area (Å²) in [4.78, 5) is 3.44. The lowest BCUT2D eigenvalue weighted by Crippen LogP contribution is -2.18. The van der Waals surface area contributed by atoms with Gasteiger partial charge in [0.1, 0.15) is 11.8 Å². The van der Waals surface area contributed by atoms with E-state index in [2.05, 4.69) is 4.98 Å². The van der Waals surface area contributed by atoms with Crippen molar-refractivity contribution in [2.75, 3.05) is 6.61 Å². The Morgan fingerprint density at radius 3 is 2.54 bits per heavy atom. The van der Waals surface area contributed by atoms with Crippen molar-refractivity contribution >= 4 is 23.2 Å². The number of halogens is 4. The third-order valence-electron chi connectivity index (χ3n) is 1.42. The molecule has 13 heavy (non-hydrogen) atoms. The van der Waals surface area contributed by atoms with Crippen molar-refractivity contribution in [3.8, 4) is 0 Å². The lowest BCUT2D eigenvalue weighted by molar-refractivity contribution is -0.0558. The zero-order valence-electron chi connectivity index (χ0n) is 6.27. The first-order valence-corrected chi connectivity index (χ1v) is 4.03. The van der Waals surface area contributed by atoms with E-state index in [0.29, 0.717) is 0 Å². The lowest BCUT2D eigenvalue weighted by atomic mass is 10.1. The maximum atomic E-state index is 12.8. The SMILES string of the molecule is OCC(F)(F)c1cnc(Cl)c(Cl)c1. The first-order valence-electron chi connectivity index (χ1n) is 3.27. The van der Waals surface area contributed by atoms with Gasteiger partial charge in [0, 0.05) is 11.8 Å². The second kappa shape index (κ2) is 3.74. The van der Waals surface area contributed by atoms with Gasteiger partial charge in [-0.15, -0.1) is 0 Å². The summed E-state index contributed by atoms with van der Waals surface area (Å²) in [6.45, 7) is -1.29. The zero-order chi connectivity index (χ0) is 10.1. The second-order valence-corrected chi connectivity index (χ2v) is 3.12. The molecule has 0 aliphatic carbocycles. The summed E-state index contributed by atoms with van der Waals surface area (Å²) in [7, 11) is 0. The fourth-order valence-corrected chi connectivity index (χ4v) is 0.982. The molecule has 1 N–H and O–H groups in total. The van der Waals surface area contributed by atoms with Crippen molar-refractivity contribution in [1.29, 1.82) is 0 Å². The van der Waals surface area contributed by atoms with Gasteiger partial charge in [-0.05, 0) is 6.07 Å². The minimum atomic E-state index is -3.33. The van der Waals surface area contributed by atoms with Gasteiger partial charge in [0.2, 0.25) is 0 Å². The quantitative estimate of drug-likeness (QED) is 0.788. The molecule has 0 saturated carbocycles. The molecule has 0 fully saturated rings. The highest BCUT2D eigenvalue weighted by Gasteiger charge is 2.31. The van der Waals surface area contributed by atoms with Gasteiger partial charge in [0.05, 0.1) is 5.02 Å². The molecule has 0 aliphatic rings. The van der Waals surface area contributed by atoms with Crippen LogP contribution in [0.5, 0.6) is 0 Å². The van der Waals surface area contributed by atoms with E-state index >= 15 is 0 Å². The van der Waals surface area contributed by atoms with Gasteiger partial charge < -0.3 is 5.11 Å². The fraction of sp³-hybridized carbons (Fsp3) is 0.286. The van der Waals surface area contributed by atoms with Gasteiger partial charge in [0.15, 0.2) is 0 Å². The molecule has 72 valence electrons. The topological polar surface area (TPSA) is 33.1 Å². The highest BCUT2D eigenvalue weighted by molar-refractivity contribution is 6.41. The standard InChI is InChI=1S/C7H5Cl2F2NO/c8-5-1-4(2-12-6(5)9)7(10,11)3-13/h1-2,13H,3H2. The van der Waals surface area contributed by atoms with Crippen molar-refractivity contribution in [3.05, 3.63) is 28.0 Å². The Balaban J connectivity index is 3.10. The van der Waals surface area contributed by atoms with E-state index in [-0.39, 0.29) is 10.2 Å². The van der Waals surface area contributed by atoms with Crippen LogP contribution < -0.4 is 0 Å². The molecule has 0 saturated heterocycles. The molecule has 0 unspecified atom stereocenters. The number of pyridine rings is 1. The maximum absolute atomic E-state index is 12.8. The number of alkyl halides is 2. The molecule has 0 atom stereocenters. The Kier molecular flexibility index (Phi) is 3.05. The molecule has 0 bridgehead atoms. The molecule has 0 radical (unpaired) electrons. The third-order valence-corrected chi connectivity index (χ3v) is 2.10. The molecule has 1 aromatic rings. The summed E-state index contributed by atoms with van der Waals surface area (Å²) in [5, 5.41) is 8.25. The number of aliphatic hydroxyl groups excluding tert-OH is 1. The Morgan fingerprint density at radius 2 is 2.08 bits per heavy atom. The molecule has 0 aliphatic heterocycles. The Labute approximate surface area is 83.1 Å². The normalized spacial score (nSPS) is 11.8. The van der Waals surface area contributed by atoms with Crippen LogP contribution in [0, 0.1) is 0 Å². The Morgan fingerprint density at radius 1 is 1.46 bits per heavy atom. The minimum Gasteiger partial charge on any atom is -0.390 e. The smallest absolute Gasteiger partial charge is 0.297 e. The molecule has 0 aromatic carbocycles. The second-order valence-electron chi connectivity index (χ2n) is 2.36. The van der Waals surface area contributed by atoms with Crippen molar-refractivity contribution in [1.82, 2.24) is 4.98 Å². The van der Waals surface area contributed by atoms with Crippen LogP contribution in [-0.4, -0.2) is 16.7 Å². The summed E-state index contributed by atoms with van der Waals surface area (Å²) in [6.07, 6.45) is 0.879. The lowest BCUT2D eigenvalue weighted by Gasteiger charge is -2.12. The largest absolute Gasteiger partial charge is 0.390 e. The van der Waals surface area contributed by atoms with Crippen LogP contribution in [-0.2, 0) is 5.92 Å². The Hall–Kier alpha value is -0.450. The number of aromatic nitrogens is 1. The molecule has 2 nitrogen and oxygen atoms in total. The van der Waals surface area contributed by atoms with Crippen LogP contribution in [0.25, 0.3) is 0 Å². The minimum absolute atomic E-state index is 0.0424. The first kappa shape index (κ1) is 10.6. The molecule has 0 amide bonds. The van der Waals surface area contributed by atoms with Crippen LogP contribution in [0.4, 0.5) is 8.78 Å². The summed E-state index contributed by atoms with van der Waals surface area (Å²) < 4.78 is 25.6. The van der Waals surface area contributed by atoms with Crippen LogP contribution in [0.3, 0.4) is 0 Å². The third kappa shape index (κ3) is 2.27. The van der Waals surface area contributed by atoms with Crippen molar-refractivity contribution in [3.63, 3.8) is 0 Å². The van der Waals surface area contributed by atoms with Gasteiger partial charge >= 0.3 is 0 Å².